The van der Waals surface area contributed by atoms with E-state index in [1.54, 1.807) is 19.2 Å². The van der Waals surface area contributed by atoms with Crippen LogP contribution in [0.2, 0.25) is 0 Å². The summed E-state index contributed by atoms with van der Waals surface area (Å²) in [4.78, 5) is 10.8. The van der Waals surface area contributed by atoms with Crippen LogP contribution in [-0.4, -0.2) is 13.4 Å². The Morgan fingerprint density at radius 2 is 1.71 bits per heavy atom. The molecule has 0 heterocycles. The lowest BCUT2D eigenvalue weighted by Gasteiger charge is -2.12. The third-order valence-corrected chi connectivity index (χ3v) is 4.73. The third kappa shape index (κ3) is 4.08. The van der Waals surface area contributed by atoms with Gasteiger partial charge in [-0.05, 0) is 62.2 Å². The SMILES string of the molecule is COc1ccc(Br)c(COc2c(Br)cc(C=O)cc2Br)c1. The molecule has 0 radical (unpaired) electrons. The zero-order chi connectivity index (χ0) is 15.4. The Morgan fingerprint density at radius 3 is 2.29 bits per heavy atom. The monoisotopic (exact) mass is 476 g/mol. The highest BCUT2D eigenvalue weighted by atomic mass is 79.9. The highest BCUT2D eigenvalue weighted by molar-refractivity contribution is 9.11. The lowest BCUT2D eigenvalue weighted by molar-refractivity contribution is 0.112. The standard InChI is InChI=1S/C15H11Br3O3/c1-20-11-2-3-12(16)10(6-11)8-21-15-13(17)4-9(7-19)5-14(15)18/h2-7H,8H2,1H3. The molecule has 0 saturated carbocycles. The number of halogens is 3. The van der Waals surface area contributed by atoms with Gasteiger partial charge in [0.05, 0.1) is 16.1 Å². The van der Waals surface area contributed by atoms with Gasteiger partial charge in [-0.25, -0.2) is 0 Å². The number of methoxy groups -OCH3 is 1. The molecule has 21 heavy (non-hydrogen) atoms. The van der Waals surface area contributed by atoms with E-state index < -0.39 is 0 Å². The molecule has 0 fully saturated rings. The van der Waals surface area contributed by atoms with Crippen molar-refractivity contribution in [2.45, 2.75) is 6.61 Å². The number of carbonyl (C=O) groups excluding carboxylic acids is 1. The van der Waals surface area contributed by atoms with E-state index in [1.807, 2.05) is 18.2 Å². The number of rotatable bonds is 5. The first-order chi connectivity index (χ1) is 10.0. The second-order valence-electron chi connectivity index (χ2n) is 4.18. The van der Waals surface area contributed by atoms with E-state index in [0.29, 0.717) is 17.9 Å². The third-order valence-electron chi connectivity index (χ3n) is 2.78. The molecule has 0 spiro atoms. The Balaban J connectivity index is 2.22. The maximum absolute atomic E-state index is 10.8. The van der Waals surface area contributed by atoms with Crippen LogP contribution in [-0.2, 0) is 6.61 Å². The number of carbonyl (C=O) groups is 1. The molecule has 2 rings (SSSR count). The number of hydrogen-bond acceptors (Lipinski definition) is 3. The molecule has 0 amide bonds. The first-order valence-electron chi connectivity index (χ1n) is 5.94. The molecular weight excluding hydrogens is 468 g/mol. The molecule has 2 aromatic rings. The molecule has 0 aromatic heterocycles. The largest absolute Gasteiger partial charge is 0.497 e. The Bertz CT molecular complexity index is 648. The molecule has 0 aliphatic carbocycles. The van der Waals surface area contributed by atoms with Gasteiger partial charge < -0.3 is 9.47 Å². The molecule has 0 atom stereocenters. The van der Waals surface area contributed by atoms with Crippen molar-refractivity contribution in [3.63, 3.8) is 0 Å². The normalized spacial score (nSPS) is 10.3. The van der Waals surface area contributed by atoms with Crippen molar-refractivity contribution >= 4 is 54.1 Å². The molecule has 0 aliphatic heterocycles. The van der Waals surface area contributed by atoms with Crippen LogP contribution in [0.5, 0.6) is 11.5 Å². The minimum atomic E-state index is 0.370. The van der Waals surface area contributed by atoms with Gasteiger partial charge in [0.15, 0.2) is 0 Å². The van der Waals surface area contributed by atoms with Gasteiger partial charge in [0.1, 0.15) is 24.4 Å². The number of aldehydes is 1. The average Bonchev–Trinajstić information content (AvgIpc) is 2.47. The molecule has 0 N–H and O–H groups in total. The van der Waals surface area contributed by atoms with Crippen LogP contribution < -0.4 is 9.47 Å². The Kier molecular flexibility index (Phi) is 5.84. The van der Waals surface area contributed by atoms with Crippen molar-refractivity contribution in [3.05, 3.63) is 54.9 Å². The minimum Gasteiger partial charge on any atom is -0.497 e. The lowest BCUT2D eigenvalue weighted by atomic mass is 10.2. The molecule has 2 aromatic carbocycles. The zero-order valence-electron chi connectivity index (χ0n) is 11.0. The molecule has 0 unspecified atom stereocenters. The summed E-state index contributed by atoms with van der Waals surface area (Å²) >= 11 is 10.3. The van der Waals surface area contributed by atoms with Crippen LogP contribution in [0.3, 0.4) is 0 Å². The smallest absolute Gasteiger partial charge is 0.150 e. The minimum absolute atomic E-state index is 0.370. The Hall–Kier alpha value is -0.850. The summed E-state index contributed by atoms with van der Waals surface area (Å²) in [5.41, 5.74) is 1.54. The first-order valence-corrected chi connectivity index (χ1v) is 8.32. The maximum Gasteiger partial charge on any atom is 0.150 e. The zero-order valence-corrected chi connectivity index (χ0v) is 15.8. The van der Waals surface area contributed by atoms with Crippen LogP contribution in [0.25, 0.3) is 0 Å². The van der Waals surface area contributed by atoms with Gasteiger partial charge in [-0.2, -0.15) is 0 Å². The summed E-state index contributed by atoms with van der Waals surface area (Å²) in [6.07, 6.45) is 0.790. The Labute approximate surface area is 148 Å². The number of hydrogen-bond donors (Lipinski definition) is 0. The predicted octanol–water partition coefficient (Wildman–Crippen LogP) is 5.37. The molecule has 0 bridgehead atoms. The lowest BCUT2D eigenvalue weighted by Crippen LogP contribution is -1.99. The molecule has 0 saturated heterocycles. The van der Waals surface area contributed by atoms with Crippen molar-refractivity contribution in [1.29, 1.82) is 0 Å². The van der Waals surface area contributed by atoms with Crippen molar-refractivity contribution in [2.75, 3.05) is 7.11 Å². The van der Waals surface area contributed by atoms with Crippen molar-refractivity contribution in [1.82, 2.24) is 0 Å². The van der Waals surface area contributed by atoms with E-state index in [-0.39, 0.29) is 0 Å². The summed E-state index contributed by atoms with van der Waals surface area (Å²) < 4.78 is 13.4. The fraction of sp³-hybridized carbons (Fsp3) is 0.133. The van der Waals surface area contributed by atoms with E-state index in [0.717, 1.165) is 31.0 Å². The van der Waals surface area contributed by atoms with E-state index in [9.17, 15) is 4.79 Å². The summed E-state index contributed by atoms with van der Waals surface area (Å²) in [5.74, 6) is 1.42. The second-order valence-corrected chi connectivity index (χ2v) is 6.74. The van der Waals surface area contributed by atoms with E-state index in [4.69, 9.17) is 9.47 Å². The fourth-order valence-electron chi connectivity index (χ4n) is 1.72. The van der Waals surface area contributed by atoms with Crippen molar-refractivity contribution in [3.8, 4) is 11.5 Å². The maximum atomic E-state index is 10.8. The van der Waals surface area contributed by atoms with Crippen LogP contribution >= 0.6 is 47.8 Å². The summed E-state index contributed by atoms with van der Waals surface area (Å²) in [6, 6.07) is 9.13. The number of benzene rings is 2. The van der Waals surface area contributed by atoms with Crippen LogP contribution in [0.15, 0.2) is 43.7 Å². The molecule has 3 nitrogen and oxygen atoms in total. The van der Waals surface area contributed by atoms with E-state index in [1.165, 1.54) is 0 Å². The predicted molar refractivity (Wildman–Crippen MR) is 92.3 cm³/mol. The second kappa shape index (κ2) is 7.42. The van der Waals surface area contributed by atoms with Crippen molar-refractivity contribution < 1.29 is 14.3 Å². The quantitative estimate of drug-likeness (QED) is 0.542. The van der Waals surface area contributed by atoms with Crippen LogP contribution in [0, 0.1) is 0 Å². The van der Waals surface area contributed by atoms with Gasteiger partial charge in [-0.1, -0.05) is 15.9 Å². The molecule has 110 valence electrons. The van der Waals surface area contributed by atoms with Gasteiger partial charge >= 0.3 is 0 Å². The highest BCUT2D eigenvalue weighted by Gasteiger charge is 2.10. The van der Waals surface area contributed by atoms with Gasteiger partial charge in [0, 0.05) is 15.6 Å². The van der Waals surface area contributed by atoms with Crippen molar-refractivity contribution in [2.24, 2.45) is 0 Å². The Morgan fingerprint density at radius 1 is 1.05 bits per heavy atom. The van der Waals surface area contributed by atoms with Crippen LogP contribution in [0.1, 0.15) is 15.9 Å². The highest BCUT2D eigenvalue weighted by Crippen LogP contribution is 2.35. The van der Waals surface area contributed by atoms with E-state index >= 15 is 0 Å². The molecular formula is C15H11Br3O3. The van der Waals surface area contributed by atoms with Gasteiger partial charge in [-0.3, -0.25) is 4.79 Å². The molecule has 0 aliphatic rings. The topological polar surface area (TPSA) is 35.5 Å². The summed E-state index contributed by atoms with van der Waals surface area (Å²) in [6.45, 7) is 0.370. The van der Waals surface area contributed by atoms with Crippen LogP contribution in [0.4, 0.5) is 0 Å². The summed E-state index contributed by atoms with van der Waals surface area (Å²) in [5, 5.41) is 0. The first kappa shape index (κ1) is 16.5. The molecule has 6 heteroatoms. The van der Waals surface area contributed by atoms with Gasteiger partial charge in [-0.15, -0.1) is 0 Å². The average molecular weight is 479 g/mol. The summed E-state index contributed by atoms with van der Waals surface area (Å²) in [7, 11) is 1.62. The van der Waals surface area contributed by atoms with Gasteiger partial charge in [0.25, 0.3) is 0 Å². The number of ether oxygens (including phenoxy) is 2. The van der Waals surface area contributed by atoms with E-state index in [2.05, 4.69) is 47.8 Å². The fourth-order valence-corrected chi connectivity index (χ4v) is 3.54. The van der Waals surface area contributed by atoms with Gasteiger partial charge in [0.2, 0.25) is 0 Å².